The molecule has 0 spiro atoms. The molecule has 0 saturated carbocycles. The molecule has 1 amide bonds. The van der Waals surface area contributed by atoms with Crippen molar-refractivity contribution in [3.8, 4) is 0 Å². The van der Waals surface area contributed by atoms with E-state index >= 15 is 0 Å². The van der Waals surface area contributed by atoms with Crippen molar-refractivity contribution in [3.63, 3.8) is 0 Å². The zero-order chi connectivity index (χ0) is 14.5. The average molecular weight is 276 g/mol. The normalized spacial score (nSPS) is 12.4. The zero-order valence-corrected chi connectivity index (χ0v) is 11.6. The number of nitrogens with zero attached hydrogens (tertiary/aromatic N) is 5. The third-order valence-corrected chi connectivity index (χ3v) is 2.97. The van der Waals surface area contributed by atoms with Crippen LogP contribution < -0.4 is 5.32 Å². The van der Waals surface area contributed by atoms with Gasteiger partial charge in [0.1, 0.15) is 6.33 Å². The van der Waals surface area contributed by atoms with Crippen LogP contribution >= 0.6 is 0 Å². The number of amides is 1. The van der Waals surface area contributed by atoms with Gasteiger partial charge in [-0.1, -0.05) is 5.16 Å². The van der Waals surface area contributed by atoms with Crippen molar-refractivity contribution < 1.29 is 9.32 Å². The first kappa shape index (κ1) is 14.1. The number of carbonyl (C=O) groups is 1. The Morgan fingerprint density at radius 2 is 2.35 bits per heavy atom. The molecule has 8 heteroatoms. The van der Waals surface area contributed by atoms with Crippen LogP contribution in [0.1, 0.15) is 35.2 Å². The molecule has 0 radical (unpaired) electrons. The molecule has 1 unspecified atom stereocenters. The number of aromatic nitrogens is 4. The minimum Gasteiger partial charge on any atom is -0.351 e. The van der Waals surface area contributed by atoms with Crippen LogP contribution in [-0.4, -0.2) is 45.0 Å². The largest absolute Gasteiger partial charge is 0.351 e. The van der Waals surface area contributed by atoms with Crippen molar-refractivity contribution in [1.29, 1.82) is 0 Å². The molecule has 20 heavy (non-hydrogen) atoms. The van der Waals surface area contributed by atoms with E-state index in [1.165, 1.54) is 13.4 Å². The second-order valence-electron chi connectivity index (χ2n) is 4.32. The Morgan fingerprint density at radius 3 is 3.00 bits per heavy atom. The topological polar surface area (TPSA) is 97.0 Å². The van der Waals surface area contributed by atoms with E-state index in [4.69, 9.17) is 4.52 Å². The summed E-state index contributed by atoms with van der Waals surface area (Å²) in [6, 6.07) is 1.92. The second kappa shape index (κ2) is 6.20. The number of carbonyl (C=O) groups excluding carboxylic acids is 1. The van der Waals surface area contributed by atoms with E-state index in [9.17, 15) is 4.79 Å². The highest BCUT2D eigenvalue weighted by atomic mass is 16.5. The molecule has 0 bridgehead atoms. The molecule has 2 aromatic rings. The molecular formula is C12H16N6O2. The summed E-state index contributed by atoms with van der Waals surface area (Å²) < 4.78 is 4.88. The van der Waals surface area contributed by atoms with Crippen LogP contribution in [0.25, 0.3) is 0 Å². The second-order valence-corrected chi connectivity index (χ2v) is 4.32. The van der Waals surface area contributed by atoms with Gasteiger partial charge in [0.15, 0.2) is 5.82 Å². The van der Waals surface area contributed by atoms with Gasteiger partial charge < -0.3 is 9.84 Å². The molecule has 0 aromatic carbocycles. The number of rotatable bonds is 5. The van der Waals surface area contributed by atoms with E-state index in [0.717, 1.165) is 5.69 Å². The molecule has 2 aromatic heterocycles. The summed E-state index contributed by atoms with van der Waals surface area (Å²) in [5, 5.41) is 6.21. The fourth-order valence-electron chi connectivity index (χ4n) is 1.65. The Hall–Kier alpha value is -2.35. The van der Waals surface area contributed by atoms with Gasteiger partial charge >= 0.3 is 11.8 Å². The highest BCUT2D eigenvalue weighted by Gasteiger charge is 2.18. The van der Waals surface area contributed by atoms with E-state index in [0.29, 0.717) is 12.4 Å². The van der Waals surface area contributed by atoms with Crippen molar-refractivity contribution >= 4 is 5.91 Å². The Bertz CT molecular complexity index is 570. The molecule has 1 atom stereocenters. The quantitative estimate of drug-likeness (QED) is 0.844. The average Bonchev–Trinajstić information content (AvgIpc) is 2.95. The fraction of sp³-hybridized carbons (Fsp3) is 0.417. The lowest BCUT2D eigenvalue weighted by Crippen LogP contribution is -2.23. The predicted molar refractivity (Wildman–Crippen MR) is 69.6 cm³/mol. The maximum atomic E-state index is 11.3. The van der Waals surface area contributed by atoms with Gasteiger partial charge in [0.25, 0.3) is 0 Å². The number of hydrogen-bond acceptors (Lipinski definition) is 7. The summed E-state index contributed by atoms with van der Waals surface area (Å²) in [6.07, 6.45) is 3.21. The summed E-state index contributed by atoms with van der Waals surface area (Å²) in [5.41, 5.74) is 0.900. The lowest BCUT2D eigenvalue weighted by molar-refractivity contribution is 0.0919. The maximum absolute atomic E-state index is 11.3. The zero-order valence-electron chi connectivity index (χ0n) is 11.6. The molecule has 0 saturated heterocycles. The molecule has 0 aliphatic carbocycles. The standard InChI is InChI=1S/C12H16N6O2/c1-8(9-4-5-14-7-15-9)18(3)6-10-16-12(20-17-10)11(19)13-2/h4-5,7-8H,6H2,1-3H3,(H,13,19). The van der Waals surface area contributed by atoms with Gasteiger partial charge in [-0.25, -0.2) is 9.97 Å². The summed E-state index contributed by atoms with van der Waals surface area (Å²) in [6.45, 7) is 2.47. The molecule has 8 nitrogen and oxygen atoms in total. The first-order valence-corrected chi connectivity index (χ1v) is 6.12. The van der Waals surface area contributed by atoms with E-state index in [1.54, 1.807) is 6.20 Å². The van der Waals surface area contributed by atoms with Gasteiger partial charge in [-0.15, -0.1) is 0 Å². The highest BCUT2D eigenvalue weighted by molar-refractivity contribution is 5.89. The third-order valence-electron chi connectivity index (χ3n) is 2.97. The van der Waals surface area contributed by atoms with Gasteiger partial charge in [0.05, 0.1) is 12.2 Å². The molecule has 0 fully saturated rings. The van der Waals surface area contributed by atoms with Gasteiger partial charge in [-0.2, -0.15) is 4.98 Å². The number of nitrogens with one attached hydrogen (secondary N) is 1. The third kappa shape index (κ3) is 3.15. The summed E-state index contributed by atoms with van der Waals surface area (Å²) in [4.78, 5) is 25.5. The predicted octanol–water partition coefficient (Wildman–Crippen LogP) is 0.412. The van der Waals surface area contributed by atoms with Crippen LogP contribution in [0.4, 0.5) is 0 Å². The van der Waals surface area contributed by atoms with Crippen LogP contribution in [0.15, 0.2) is 23.1 Å². The van der Waals surface area contributed by atoms with Gasteiger partial charge in [-0.3, -0.25) is 9.69 Å². The van der Waals surface area contributed by atoms with E-state index in [-0.39, 0.29) is 11.9 Å². The van der Waals surface area contributed by atoms with Gasteiger partial charge in [0.2, 0.25) is 0 Å². The Labute approximate surface area is 116 Å². The first-order valence-electron chi connectivity index (χ1n) is 6.12. The SMILES string of the molecule is CNC(=O)c1nc(CN(C)C(C)c2ccncn2)no1. The van der Waals surface area contributed by atoms with Crippen molar-refractivity contribution in [3.05, 3.63) is 36.0 Å². The lowest BCUT2D eigenvalue weighted by Gasteiger charge is -2.22. The first-order chi connectivity index (χ1) is 9.61. The van der Waals surface area contributed by atoms with Crippen LogP contribution in [0, 0.1) is 0 Å². The van der Waals surface area contributed by atoms with Crippen molar-refractivity contribution in [2.24, 2.45) is 0 Å². The minimum absolute atomic E-state index is 0.0365. The van der Waals surface area contributed by atoms with Gasteiger partial charge in [0, 0.05) is 19.3 Å². The molecule has 0 aliphatic heterocycles. The van der Waals surface area contributed by atoms with Crippen LogP contribution in [0.3, 0.4) is 0 Å². The molecule has 0 aliphatic rings. The monoisotopic (exact) mass is 276 g/mol. The maximum Gasteiger partial charge on any atom is 0.315 e. The Kier molecular flexibility index (Phi) is 4.36. The Morgan fingerprint density at radius 1 is 1.55 bits per heavy atom. The summed E-state index contributed by atoms with van der Waals surface area (Å²) in [5.74, 6) is 0.0212. The molecule has 1 N–H and O–H groups in total. The van der Waals surface area contributed by atoms with Crippen molar-refractivity contribution in [1.82, 2.24) is 30.3 Å². The minimum atomic E-state index is -0.393. The summed E-state index contributed by atoms with van der Waals surface area (Å²) in [7, 11) is 3.43. The molecule has 106 valence electrons. The van der Waals surface area contributed by atoms with Crippen LogP contribution in [0.2, 0.25) is 0 Å². The van der Waals surface area contributed by atoms with Crippen LogP contribution in [0.5, 0.6) is 0 Å². The van der Waals surface area contributed by atoms with E-state index in [2.05, 4.69) is 25.4 Å². The highest BCUT2D eigenvalue weighted by Crippen LogP contribution is 2.17. The molecule has 2 rings (SSSR count). The number of hydrogen-bond donors (Lipinski definition) is 1. The van der Waals surface area contributed by atoms with Crippen molar-refractivity contribution in [2.45, 2.75) is 19.5 Å². The lowest BCUT2D eigenvalue weighted by atomic mass is 10.2. The van der Waals surface area contributed by atoms with Gasteiger partial charge in [-0.05, 0) is 20.0 Å². The summed E-state index contributed by atoms with van der Waals surface area (Å²) >= 11 is 0. The van der Waals surface area contributed by atoms with Crippen LogP contribution in [-0.2, 0) is 6.54 Å². The van der Waals surface area contributed by atoms with E-state index < -0.39 is 5.91 Å². The van der Waals surface area contributed by atoms with Crippen molar-refractivity contribution in [2.75, 3.05) is 14.1 Å². The smallest absolute Gasteiger partial charge is 0.315 e. The molecular weight excluding hydrogens is 260 g/mol. The van der Waals surface area contributed by atoms with E-state index in [1.807, 2.05) is 24.9 Å². The molecule has 2 heterocycles. The fourth-order valence-corrected chi connectivity index (χ4v) is 1.65. The Balaban J connectivity index is 2.02.